The molecule has 3 aliphatic rings. The van der Waals surface area contributed by atoms with Gasteiger partial charge in [-0.2, -0.15) is 0 Å². The van der Waals surface area contributed by atoms with E-state index in [1.165, 1.54) is 0 Å². The summed E-state index contributed by atoms with van der Waals surface area (Å²) < 4.78 is 16.5. The van der Waals surface area contributed by atoms with E-state index in [4.69, 9.17) is 14.2 Å². The zero-order chi connectivity index (χ0) is 16.0. The largest absolute Gasteiger partial charge is 0.462 e. The fraction of sp³-hybridized carbons (Fsp3) is 0.444. The average Bonchev–Trinajstić information content (AvgIpc) is 2.53. The third-order valence-electron chi connectivity index (χ3n) is 4.72. The van der Waals surface area contributed by atoms with Gasteiger partial charge in [-0.1, -0.05) is 17.7 Å². The number of carbonyl (C=O) groups excluding carboxylic acids is 2. The summed E-state index contributed by atoms with van der Waals surface area (Å²) in [5.74, 6) is -0.448. The highest BCUT2D eigenvalue weighted by atomic mass is 16.5. The highest BCUT2D eigenvalue weighted by Gasteiger charge is 2.35. The van der Waals surface area contributed by atoms with E-state index in [-0.39, 0.29) is 30.8 Å². The van der Waals surface area contributed by atoms with Crippen LogP contribution in [0.5, 0.6) is 0 Å². The molecule has 0 aliphatic carbocycles. The molecule has 1 aromatic rings. The van der Waals surface area contributed by atoms with Crippen molar-refractivity contribution in [2.45, 2.75) is 38.4 Å². The summed E-state index contributed by atoms with van der Waals surface area (Å²) in [5.41, 5.74) is 4.77. The van der Waals surface area contributed by atoms with Crippen molar-refractivity contribution in [3.05, 3.63) is 46.0 Å². The Labute approximate surface area is 134 Å². The van der Waals surface area contributed by atoms with Gasteiger partial charge < -0.3 is 14.2 Å². The summed E-state index contributed by atoms with van der Waals surface area (Å²) in [6.07, 6.45) is 1.58. The predicted octanol–water partition coefficient (Wildman–Crippen LogP) is 2.49. The van der Waals surface area contributed by atoms with E-state index in [0.29, 0.717) is 25.0 Å². The first-order valence-corrected chi connectivity index (χ1v) is 7.94. The predicted molar refractivity (Wildman–Crippen MR) is 80.9 cm³/mol. The van der Waals surface area contributed by atoms with Crippen LogP contribution in [0.4, 0.5) is 0 Å². The Kier molecular flexibility index (Phi) is 3.45. The first-order chi connectivity index (χ1) is 11.1. The Bertz CT molecular complexity index is 718. The highest BCUT2D eigenvalue weighted by Crippen LogP contribution is 2.41. The van der Waals surface area contributed by atoms with Crippen LogP contribution in [0.3, 0.4) is 0 Å². The second-order valence-corrected chi connectivity index (χ2v) is 6.26. The second-order valence-electron chi connectivity index (χ2n) is 6.26. The molecule has 2 atom stereocenters. The Hall–Kier alpha value is -2.14. The van der Waals surface area contributed by atoms with E-state index in [1.54, 1.807) is 6.07 Å². The molecule has 5 nitrogen and oxygen atoms in total. The third kappa shape index (κ3) is 2.45. The van der Waals surface area contributed by atoms with E-state index < -0.39 is 0 Å². The van der Waals surface area contributed by atoms with Crippen LogP contribution < -0.4 is 0 Å². The smallest absolute Gasteiger partial charge is 0.338 e. The molecule has 0 radical (unpaired) electrons. The normalized spacial score (nSPS) is 27.0. The Morgan fingerprint density at radius 3 is 2.91 bits per heavy atom. The molecule has 23 heavy (non-hydrogen) atoms. The number of cyclic esters (lactones) is 2. The van der Waals surface area contributed by atoms with Crippen molar-refractivity contribution < 1.29 is 23.8 Å². The van der Waals surface area contributed by atoms with Gasteiger partial charge in [-0.3, -0.25) is 4.79 Å². The first kappa shape index (κ1) is 14.5. The van der Waals surface area contributed by atoms with Crippen molar-refractivity contribution in [2.24, 2.45) is 0 Å². The van der Waals surface area contributed by atoms with Crippen molar-refractivity contribution in [3.63, 3.8) is 0 Å². The molecule has 0 fully saturated rings. The van der Waals surface area contributed by atoms with Gasteiger partial charge in [0, 0.05) is 12.0 Å². The van der Waals surface area contributed by atoms with E-state index in [9.17, 15) is 9.59 Å². The molecule has 0 saturated heterocycles. The molecule has 0 unspecified atom stereocenters. The number of esters is 2. The van der Waals surface area contributed by atoms with Crippen molar-refractivity contribution >= 4 is 11.9 Å². The Morgan fingerprint density at radius 2 is 2.04 bits per heavy atom. The lowest BCUT2D eigenvalue weighted by molar-refractivity contribution is -0.144. The number of rotatable bonds is 1. The molecule has 4 rings (SSSR count). The Morgan fingerprint density at radius 1 is 1.17 bits per heavy atom. The maximum absolute atomic E-state index is 12.0. The van der Waals surface area contributed by atoms with Gasteiger partial charge in [0.1, 0.15) is 12.7 Å². The van der Waals surface area contributed by atoms with Crippen LogP contribution in [-0.2, 0) is 25.4 Å². The van der Waals surface area contributed by atoms with Crippen LogP contribution in [-0.4, -0.2) is 31.3 Å². The lowest BCUT2D eigenvalue weighted by atomic mass is 9.84. The molecule has 3 aliphatic heterocycles. The summed E-state index contributed by atoms with van der Waals surface area (Å²) in [7, 11) is 0. The molecule has 0 saturated carbocycles. The Balaban J connectivity index is 1.81. The first-order valence-electron chi connectivity index (χ1n) is 7.94. The van der Waals surface area contributed by atoms with Crippen LogP contribution in [0, 0.1) is 0 Å². The van der Waals surface area contributed by atoms with E-state index in [0.717, 1.165) is 28.7 Å². The molecule has 0 amide bonds. The molecular weight excluding hydrogens is 296 g/mol. The fourth-order valence-electron chi connectivity index (χ4n) is 3.68. The van der Waals surface area contributed by atoms with Crippen LogP contribution in [0.25, 0.3) is 0 Å². The van der Waals surface area contributed by atoms with Crippen LogP contribution in [0.1, 0.15) is 47.4 Å². The zero-order valence-electron chi connectivity index (χ0n) is 13.0. The van der Waals surface area contributed by atoms with Gasteiger partial charge in [0.25, 0.3) is 0 Å². The topological polar surface area (TPSA) is 61.8 Å². The zero-order valence-corrected chi connectivity index (χ0v) is 13.0. The summed E-state index contributed by atoms with van der Waals surface area (Å²) in [6.45, 7) is 2.69. The molecule has 5 heteroatoms. The van der Waals surface area contributed by atoms with Gasteiger partial charge in [-0.05, 0) is 30.5 Å². The minimum atomic E-state index is -0.277. The van der Waals surface area contributed by atoms with Crippen molar-refractivity contribution in [1.29, 1.82) is 0 Å². The molecule has 0 aromatic heterocycles. The number of hydrogen-bond donors (Lipinski definition) is 0. The van der Waals surface area contributed by atoms with Gasteiger partial charge in [-0.15, -0.1) is 0 Å². The SMILES string of the molecule is C[C@H]1CC2=C(COC(=O)C2)[C@H](c2cccc3c2CCOC3=O)O1. The van der Waals surface area contributed by atoms with Gasteiger partial charge >= 0.3 is 11.9 Å². The minimum Gasteiger partial charge on any atom is -0.462 e. The number of fused-ring (bicyclic) bond motifs is 1. The maximum atomic E-state index is 12.0. The number of benzene rings is 1. The number of carbonyl (C=O) groups is 2. The van der Waals surface area contributed by atoms with Gasteiger partial charge in [0.2, 0.25) is 0 Å². The lowest BCUT2D eigenvalue weighted by Gasteiger charge is -2.36. The maximum Gasteiger partial charge on any atom is 0.338 e. The summed E-state index contributed by atoms with van der Waals surface area (Å²) >= 11 is 0. The van der Waals surface area contributed by atoms with Crippen molar-refractivity contribution in [2.75, 3.05) is 13.2 Å². The van der Waals surface area contributed by atoms with Crippen LogP contribution in [0.2, 0.25) is 0 Å². The molecule has 3 heterocycles. The van der Waals surface area contributed by atoms with Crippen LogP contribution in [0.15, 0.2) is 29.3 Å². The van der Waals surface area contributed by atoms with Crippen molar-refractivity contribution in [1.82, 2.24) is 0 Å². The highest BCUT2D eigenvalue weighted by molar-refractivity contribution is 5.92. The average molecular weight is 314 g/mol. The molecule has 0 spiro atoms. The minimum absolute atomic E-state index is 0.0380. The third-order valence-corrected chi connectivity index (χ3v) is 4.72. The van der Waals surface area contributed by atoms with Gasteiger partial charge in [-0.25, -0.2) is 4.79 Å². The van der Waals surface area contributed by atoms with Crippen LogP contribution >= 0.6 is 0 Å². The van der Waals surface area contributed by atoms with Crippen molar-refractivity contribution in [3.8, 4) is 0 Å². The molecular formula is C18H18O5. The van der Waals surface area contributed by atoms with E-state index in [2.05, 4.69) is 0 Å². The van der Waals surface area contributed by atoms with Gasteiger partial charge in [0.15, 0.2) is 0 Å². The lowest BCUT2D eigenvalue weighted by Crippen LogP contribution is -2.31. The number of hydrogen-bond acceptors (Lipinski definition) is 5. The molecule has 120 valence electrons. The molecule has 0 bridgehead atoms. The number of ether oxygens (including phenoxy) is 3. The standard InChI is InChI=1S/C18H18O5/c1-10-7-11-8-16(19)22-9-15(11)17(23-10)13-3-2-4-14-12(13)5-6-21-18(14)20/h2-4,10,17H,5-9H2,1H3/t10-,17-/m0/s1. The molecule has 0 N–H and O–H groups in total. The second kappa shape index (κ2) is 5.49. The molecule has 1 aromatic carbocycles. The monoisotopic (exact) mass is 314 g/mol. The summed E-state index contributed by atoms with van der Waals surface area (Å²) in [6, 6.07) is 5.66. The van der Waals surface area contributed by atoms with E-state index >= 15 is 0 Å². The fourth-order valence-corrected chi connectivity index (χ4v) is 3.68. The van der Waals surface area contributed by atoms with Gasteiger partial charge in [0.05, 0.1) is 24.7 Å². The summed E-state index contributed by atoms with van der Waals surface area (Å²) in [4.78, 5) is 23.6. The summed E-state index contributed by atoms with van der Waals surface area (Å²) in [5, 5.41) is 0. The quantitative estimate of drug-likeness (QED) is 0.589. The van der Waals surface area contributed by atoms with E-state index in [1.807, 2.05) is 19.1 Å².